The third-order valence-electron chi connectivity index (χ3n) is 3.67. The number of thioether (sulfide) groups is 1. The van der Waals surface area contributed by atoms with E-state index in [1.165, 1.54) is 23.6 Å². The zero-order chi connectivity index (χ0) is 17.3. The summed E-state index contributed by atoms with van der Waals surface area (Å²) < 4.78 is 0.495. The lowest BCUT2D eigenvalue weighted by molar-refractivity contribution is -0.113. The molecule has 3 rings (SSSR count). The van der Waals surface area contributed by atoms with Crippen molar-refractivity contribution in [2.75, 3.05) is 4.90 Å². The van der Waals surface area contributed by atoms with E-state index in [1.807, 2.05) is 37.3 Å². The van der Waals surface area contributed by atoms with Crippen LogP contribution in [0, 0.1) is 6.92 Å². The van der Waals surface area contributed by atoms with E-state index in [-0.39, 0.29) is 11.7 Å². The first-order valence-electron chi connectivity index (χ1n) is 7.41. The van der Waals surface area contributed by atoms with E-state index in [0.717, 1.165) is 11.1 Å². The summed E-state index contributed by atoms with van der Waals surface area (Å²) in [5.74, 6) is -0.145. The molecule has 0 saturated carbocycles. The van der Waals surface area contributed by atoms with E-state index in [2.05, 4.69) is 0 Å². The average Bonchev–Trinajstić information content (AvgIpc) is 2.81. The fourth-order valence-electron chi connectivity index (χ4n) is 2.45. The molecule has 1 heterocycles. The van der Waals surface area contributed by atoms with Crippen molar-refractivity contribution < 1.29 is 9.59 Å². The molecule has 0 spiro atoms. The van der Waals surface area contributed by atoms with Gasteiger partial charge in [0.15, 0.2) is 10.1 Å². The standard InChI is InChI=1S/C19H15NO2S2/c1-12-4-3-5-14(10-12)11-17-18(22)20(19(23)24-17)16-8-6-15(7-9-16)13(2)21/h3-11H,1-2H3/b17-11-. The number of anilines is 1. The second-order valence-electron chi connectivity index (χ2n) is 5.53. The van der Waals surface area contributed by atoms with Crippen molar-refractivity contribution >= 4 is 51.8 Å². The number of benzene rings is 2. The van der Waals surface area contributed by atoms with Crippen LogP contribution >= 0.6 is 24.0 Å². The predicted octanol–water partition coefficient (Wildman–Crippen LogP) is 4.60. The minimum Gasteiger partial charge on any atom is -0.295 e. The molecule has 0 aliphatic carbocycles. The number of thiocarbonyl (C=S) groups is 1. The van der Waals surface area contributed by atoms with Crippen LogP contribution in [0.4, 0.5) is 5.69 Å². The Hall–Kier alpha value is -2.24. The number of rotatable bonds is 3. The SMILES string of the molecule is CC(=O)c1ccc(N2C(=O)/C(=C/c3cccc(C)c3)SC2=S)cc1. The van der Waals surface area contributed by atoms with Crippen molar-refractivity contribution in [2.45, 2.75) is 13.8 Å². The van der Waals surface area contributed by atoms with Crippen molar-refractivity contribution in [1.82, 2.24) is 0 Å². The largest absolute Gasteiger partial charge is 0.295 e. The van der Waals surface area contributed by atoms with Crippen LogP contribution in [0.25, 0.3) is 6.08 Å². The highest BCUT2D eigenvalue weighted by Gasteiger charge is 2.33. The Morgan fingerprint density at radius 2 is 1.88 bits per heavy atom. The normalized spacial score (nSPS) is 16.1. The van der Waals surface area contributed by atoms with Gasteiger partial charge in [-0.3, -0.25) is 14.5 Å². The topological polar surface area (TPSA) is 37.4 Å². The van der Waals surface area contributed by atoms with Crippen LogP contribution in [0.2, 0.25) is 0 Å². The molecule has 1 amide bonds. The van der Waals surface area contributed by atoms with Gasteiger partial charge in [0.1, 0.15) is 0 Å². The molecular weight excluding hydrogens is 338 g/mol. The molecule has 0 aromatic heterocycles. The number of aryl methyl sites for hydroxylation is 1. The fourth-order valence-corrected chi connectivity index (χ4v) is 3.75. The summed E-state index contributed by atoms with van der Waals surface area (Å²) in [7, 11) is 0. The molecule has 0 atom stereocenters. The maximum atomic E-state index is 12.7. The van der Waals surface area contributed by atoms with Crippen molar-refractivity contribution in [2.24, 2.45) is 0 Å². The Morgan fingerprint density at radius 3 is 2.50 bits per heavy atom. The maximum Gasteiger partial charge on any atom is 0.270 e. The Kier molecular flexibility index (Phi) is 4.64. The molecule has 2 aromatic rings. The summed E-state index contributed by atoms with van der Waals surface area (Å²) in [5.41, 5.74) is 3.40. The number of nitrogens with zero attached hydrogens (tertiary/aromatic N) is 1. The maximum absolute atomic E-state index is 12.7. The quantitative estimate of drug-likeness (QED) is 0.459. The van der Waals surface area contributed by atoms with Gasteiger partial charge in [0.2, 0.25) is 0 Å². The number of carbonyl (C=O) groups is 2. The zero-order valence-corrected chi connectivity index (χ0v) is 14.9. The molecule has 2 aromatic carbocycles. The van der Waals surface area contributed by atoms with Gasteiger partial charge in [0.05, 0.1) is 10.6 Å². The smallest absolute Gasteiger partial charge is 0.270 e. The van der Waals surface area contributed by atoms with E-state index in [4.69, 9.17) is 12.2 Å². The number of ketones is 1. The monoisotopic (exact) mass is 353 g/mol. The average molecular weight is 353 g/mol. The van der Waals surface area contributed by atoms with Crippen LogP contribution in [0.15, 0.2) is 53.4 Å². The third-order valence-corrected chi connectivity index (χ3v) is 4.97. The van der Waals surface area contributed by atoms with Gasteiger partial charge in [0, 0.05) is 5.56 Å². The molecule has 3 nitrogen and oxygen atoms in total. The van der Waals surface area contributed by atoms with Gasteiger partial charge < -0.3 is 0 Å². The number of Topliss-reactive ketones (excluding diaryl/α,β-unsaturated/α-hetero) is 1. The van der Waals surface area contributed by atoms with E-state index < -0.39 is 0 Å². The first kappa shape index (κ1) is 16.6. The van der Waals surface area contributed by atoms with Gasteiger partial charge in [-0.2, -0.15) is 0 Å². The van der Waals surface area contributed by atoms with Crippen LogP contribution in [-0.4, -0.2) is 16.0 Å². The van der Waals surface area contributed by atoms with Crippen LogP contribution in [0.3, 0.4) is 0 Å². The van der Waals surface area contributed by atoms with Gasteiger partial charge >= 0.3 is 0 Å². The van der Waals surface area contributed by atoms with Gasteiger partial charge in [-0.25, -0.2) is 0 Å². The van der Waals surface area contributed by atoms with Gasteiger partial charge in [-0.1, -0.05) is 53.8 Å². The number of amides is 1. The summed E-state index contributed by atoms with van der Waals surface area (Å²) in [4.78, 5) is 26.2. The predicted molar refractivity (Wildman–Crippen MR) is 103 cm³/mol. The molecule has 1 aliphatic heterocycles. The second kappa shape index (κ2) is 6.71. The first-order chi connectivity index (χ1) is 11.5. The summed E-state index contributed by atoms with van der Waals surface area (Å²) >= 11 is 6.65. The van der Waals surface area contributed by atoms with E-state index >= 15 is 0 Å². The summed E-state index contributed by atoms with van der Waals surface area (Å²) in [6.45, 7) is 3.53. The Balaban J connectivity index is 1.90. The first-order valence-corrected chi connectivity index (χ1v) is 8.64. The zero-order valence-electron chi connectivity index (χ0n) is 13.3. The molecule has 1 fully saturated rings. The fraction of sp³-hybridized carbons (Fsp3) is 0.105. The highest BCUT2D eigenvalue weighted by atomic mass is 32.2. The lowest BCUT2D eigenvalue weighted by Gasteiger charge is -2.14. The molecule has 120 valence electrons. The van der Waals surface area contributed by atoms with Crippen molar-refractivity contribution in [1.29, 1.82) is 0 Å². The molecule has 5 heteroatoms. The number of carbonyl (C=O) groups excluding carboxylic acids is 2. The number of hydrogen-bond acceptors (Lipinski definition) is 4. The Labute approximate surface area is 150 Å². The second-order valence-corrected chi connectivity index (χ2v) is 7.21. The summed E-state index contributed by atoms with van der Waals surface area (Å²) in [5, 5.41) is 0. The van der Waals surface area contributed by atoms with Crippen molar-refractivity contribution in [3.8, 4) is 0 Å². The van der Waals surface area contributed by atoms with Crippen LogP contribution in [-0.2, 0) is 4.79 Å². The minimum atomic E-state index is -0.137. The summed E-state index contributed by atoms with van der Waals surface area (Å²) in [6.07, 6.45) is 1.86. The van der Waals surface area contributed by atoms with Crippen LogP contribution in [0.1, 0.15) is 28.4 Å². The molecule has 1 aliphatic rings. The Bertz CT molecular complexity index is 869. The molecule has 24 heavy (non-hydrogen) atoms. The van der Waals surface area contributed by atoms with Gasteiger partial charge in [-0.15, -0.1) is 0 Å². The molecule has 0 unspecified atom stereocenters. The lowest BCUT2D eigenvalue weighted by Crippen LogP contribution is -2.27. The van der Waals surface area contributed by atoms with Crippen LogP contribution < -0.4 is 4.90 Å². The van der Waals surface area contributed by atoms with Crippen molar-refractivity contribution in [3.05, 3.63) is 70.1 Å². The van der Waals surface area contributed by atoms with E-state index in [1.54, 1.807) is 24.3 Å². The third kappa shape index (κ3) is 3.32. The van der Waals surface area contributed by atoms with E-state index in [9.17, 15) is 9.59 Å². The minimum absolute atomic E-state index is 0.00807. The molecule has 0 radical (unpaired) electrons. The van der Waals surface area contributed by atoms with Gasteiger partial charge in [-0.05, 0) is 49.8 Å². The molecule has 0 bridgehead atoms. The van der Waals surface area contributed by atoms with E-state index in [0.29, 0.717) is 20.5 Å². The van der Waals surface area contributed by atoms with Gasteiger partial charge in [0.25, 0.3) is 5.91 Å². The van der Waals surface area contributed by atoms with Crippen LogP contribution in [0.5, 0.6) is 0 Å². The van der Waals surface area contributed by atoms with Crippen molar-refractivity contribution in [3.63, 3.8) is 0 Å². The molecular formula is C19H15NO2S2. The summed E-state index contributed by atoms with van der Waals surface area (Å²) in [6, 6.07) is 14.9. The lowest BCUT2D eigenvalue weighted by atomic mass is 10.1. The Morgan fingerprint density at radius 1 is 1.17 bits per heavy atom. The highest BCUT2D eigenvalue weighted by Crippen LogP contribution is 2.36. The molecule has 1 saturated heterocycles. The highest BCUT2D eigenvalue weighted by molar-refractivity contribution is 8.27. The number of hydrogen-bond donors (Lipinski definition) is 0. The molecule has 0 N–H and O–H groups in total.